The maximum absolute atomic E-state index is 12.8. The summed E-state index contributed by atoms with van der Waals surface area (Å²) >= 11 is 0. The van der Waals surface area contributed by atoms with Crippen LogP contribution in [0, 0.1) is 5.92 Å². The number of rotatable bonds is 3. The first-order valence-electron chi connectivity index (χ1n) is 9.46. The Labute approximate surface area is 159 Å². The van der Waals surface area contributed by atoms with Crippen molar-refractivity contribution in [3.8, 4) is 0 Å². The van der Waals surface area contributed by atoms with E-state index in [0.29, 0.717) is 31.8 Å². The highest BCUT2D eigenvalue weighted by atomic mass is 32.2. The summed E-state index contributed by atoms with van der Waals surface area (Å²) in [4.78, 5) is 19.1. The molecule has 0 unspecified atom stereocenters. The fourth-order valence-electron chi connectivity index (χ4n) is 4.26. The molecule has 9 heteroatoms. The van der Waals surface area contributed by atoms with Crippen molar-refractivity contribution in [2.75, 3.05) is 32.4 Å². The molecule has 8 nitrogen and oxygen atoms in total. The Hall–Kier alpha value is -2.00. The zero-order chi connectivity index (χ0) is 19.0. The Morgan fingerprint density at radius 1 is 1.15 bits per heavy atom. The van der Waals surface area contributed by atoms with Crippen LogP contribution in [0.4, 0.5) is 0 Å². The molecule has 2 aliphatic rings. The van der Waals surface area contributed by atoms with E-state index in [9.17, 15) is 13.2 Å². The van der Waals surface area contributed by atoms with Gasteiger partial charge in [-0.3, -0.25) is 9.89 Å². The Morgan fingerprint density at radius 3 is 2.52 bits per heavy atom. The summed E-state index contributed by atoms with van der Waals surface area (Å²) in [5.41, 5.74) is 1.86. The third-order valence-electron chi connectivity index (χ3n) is 5.85. The molecule has 1 amide bonds. The third kappa shape index (κ3) is 3.70. The number of carbonyl (C=O) groups is 1. The maximum Gasteiger partial charge on any atom is 0.225 e. The number of aromatic amines is 1. The number of nitrogens with one attached hydrogen (secondary N) is 1. The van der Waals surface area contributed by atoms with Gasteiger partial charge in [-0.15, -0.1) is 0 Å². The molecule has 2 aromatic heterocycles. The van der Waals surface area contributed by atoms with Gasteiger partial charge in [0.05, 0.1) is 6.26 Å². The van der Waals surface area contributed by atoms with Gasteiger partial charge in [0, 0.05) is 55.3 Å². The van der Waals surface area contributed by atoms with Crippen LogP contribution in [0.5, 0.6) is 0 Å². The average Bonchev–Trinajstić information content (AvgIpc) is 3.11. The topological polar surface area (TPSA) is 99.3 Å². The van der Waals surface area contributed by atoms with Gasteiger partial charge in [0.2, 0.25) is 15.9 Å². The van der Waals surface area contributed by atoms with Crippen molar-refractivity contribution in [1.29, 1.82) is 0 Å². The fourth-order valence-corrected chi connectivity index (χ4v) is 5.14. The lowest BCUT2D eigenvalue weighted by molar-refractivity contribution is -0.137. The number of fused-ring (bicyclic) bond motifs is 1. The van der Waals surface area contributed by atoms with Crippen LogP contribution in [-0.4, -0.2) is 71.1 Å². The van der Waals surface area contributed by atoms with Crippen LogP contribution in [0.15, 0.2) is 18.3 Å². The molecule has 2 aliphatic heterocycles. The number of hydrogen-bond acceptors (Lipinski definition) is 5. The van der Waals surface area contributed by atoms with E-state index in [4.69, 9.17) is 0 Å². The predicted octanol–water partition coefficient (Wildman–Crippen LogP) is 1.34. The lowest BCUT2D eigenvalue weighted by atomic mass is 9.90. The molecule has 2 fully saturated rings. The largest absolute Gasteiger partial charge is 0.342 e. The SMILES string of the molecule is CS(=O)(=O)N1CCC(C(=O)N2CCC(c3[nH]nc4ncccc34)CC2)CC1. The monoisotopic (exact) mass is 391 g/mol. The van der Waals surface area contributed by atoms with Crippen molar-refractivity contribution in [2.24, 2.45) is 5.92 Å². The van der Waals surface area contributed by atoms with Gasteiger partial charge in [-0.2, -0.15) is 5.10 Å². The molecule has 0 aromatic carbocycles. The van der Waals surface area contributed by atoms with Crippen molar-refractivity contribution in [1.82, 2.24) is 24.4 Å². The van der Waals surface area contributed by atoms with Crippen molar-refractivity contribution in [3.63, 3.8) is 0 Å². The summed E-state index contributed by atoms with van der Waals surface area (Å²) in [5, 5.41) is 8.47. The number of H-pyrrole nitrogens is 1. The van der Waals surface area contributed by atoms with Crippen molar-refractivity contribution in [2.45, 2.75) is 31.6 Å². The van der Waals surface area contributed by atoms with E-state index in [1.165, 1.54) is 10.6 Å². The minimum Gasteiger partial charge on any atom is -0.342 e. The second-order valence-corrected chi connectivity index (χ2v) is 9.53. The summed E-state index contributed by atoms with van der Waals surface area (Å²) < 4.78 is 24.7. The molecule has 4 rings (SSSR count). The predicted molar refractivity (Wildman–Crippen MR) is 102 cm³/mol. The third-order valence-corrected chi connectivity index (χ3v) is 7.15. The Bertz CT molecular complexity index is 925. The molecule has 146 valence electrons. The Balaban J connectivity index is 1.35. The minimum absolute atomic E-state index is 0.0586. The Kier molecular flexibility index (Phi) is 4.90. The quantitative estimate of drug-likeness (QED) is 0.851. The first-order chi connectivity index (χ1) is 12.9. The van der Waals surface area contributed by atoms with Gasteiger partial charge >= 0.3 is 0 Å². The van der Waals surface area contributed by atoms with Gasteiger partial charge in [0.15, 0.2) is 5.65 Å². The van der Waals surface area contributed by atoms with Crippen LogP contribution in [0.1, 0.15) is 37.3 Å². The maximum atomic E-state index is 12.8. The number of amides is 1. The number of carbonyl (C=O) groups excluding carboxylic acids is 1. The summed E-state index contributed by atoms with van der Waals surface area (Å²) in [6.07, 6.45) is 6.00. The highest BCUT2D eigenvalue weighted by molar-refractivity contribution is 7.88. The lowest BCUT2D eigenvalue weighted by Crippen LogP contribution is -2.46. The van der Waals surface area contributed by atoms with E-state index in [1.54, 1.807) is 6.20 Å². The molecule has 2 aromatic rings. The van der Waals surface area contributed by atoms with Gasteiger partial charge in [-0.1, -0.05) is 0 Å². The van der Waals surface area contributed by atoms with Gasteiger partial charge in [-0.05, 0) is 37.8 Å². The van der Waals surface area contributed by atoms with Crippen molar-refractivity contribution in [3.05, 3.63) is 24.0 Å². The van der Waals surface area contributed by atoms with Crippen LogP contribution in [0.2, 0.25) is 0 Å². The standard InChI is InChI=1S/C18H25N5O3S/c1-27(25,26)23-11-6-14(7-12-23)18(24)22-9-4-13(5-10-22)16-15-3-2-8-19-17(15)21-20-16/h2-3,8,13-14H,4-7,9-12H2,1H3,(H,19,20,21). The van der Waals surface area contributed by atoms with Crippen LogP contribution < -0.4 is 0 Å². The van der Waals surface area contributed by atoms with Crippen molar-refractivity contribution < 1.29 is 13.2 Å². The molecule has 27 heavy (non-hydrogen) atoms. The molecular weight excluding hydrogens is 366 g/mol. The van der Waals surface area contributed by atoms with E-state index in [0.717, 1.165) is 42.7 Å². The molecule has 4 heterocycles. The highest BCUT2D eigenvalue weighted by Crippen LogP contribution is 2.32. The second kappa shape index (κ2) is 7.20. The summed E-state index contributed by atoms with van der Waals surface area (Å²) in [6, 6.07) is 3.96. The van der Waals surface area contributed by atoms with Crippen LogP contribution in [0.25, 0.3) is 11.0 Å². The molecule has 0 saturated carbocycles. The molecule has 0 atom stereocenters. The smallest absolute Gasteiger partial charge is 0.225 e. The summed E-state index contributed by atoms with van der Waals surface area (Å²) in [7, 11) is -3.16. The molecule has 0 bridgehead atoms. The molecule has 0 aliphatic carbocycles. The highest BCUT2D eigenvalue weighted by Gasteiger charge is 2.33. The van der Waals surface area contributed by atoms with Gasteiger partial charge in [-0.25, -0.2) is 17.7 Å². The van der Waals surface area contributed by atoms with E-state index in [-0.39, 0.29) is 11.8 Å². The number of piperidine rings is 2. The average molecular weight is 391 g/mol. The van der Waals surface area contributed by atoms with Crippen LogP contribution in [-0.2, 0) is 14.8 Å². The number of hydrogen-bond donors (Lipinski definition) is 1. The molecule has 2 saturated heterocycles. The summed E-state index contributed by atoms with van der Waals surface area (Å²) in [5.74, 6) is 0.477. The van der Waals surface area contributed by atoms with Crippen molar-refractivity contribution >= 4 is 27.0 Å². The van der Waals surface area contributed by atoms with E-state index in [1.807, 2.05) is 17.0 Å². The van der Waals surface area contributed by atoms with Crippen LogP contribution >= 0.6 is 0 Å². The number of pyridine rings is 1. The van der Waals surface area contributed by atoms with Crippen LogP contribution in [0.3, 0.4) is 0 Å². The molecule has 0 radical (unpaired) electrons. The Morgan fingerprint density at radius 2 is 1.85 bits per heavy atom. The fraction of sp³-hybridized carbons (Fsp3) is 0.611. The normalized spacial score (nSPS) is 21.0. The number of nitrogens with zero attached hydrogens (tertiary/aromatic N) is 4. The number of sulfonamides is 1. The van der Waals surface area contributed by atoms with Gasteiger partial charge in [0.1, 0.15) is 0 Å². The minimum atomic E-state index is -3.16. The lowest BCUT2D eigenvalue weighted by Gasteiger charge is -2.36. The molecule has 0 spiro atoms. The zero-order valence-electron chi connectivity index (χ0n) is 15.5. The van der Waals surface area contributed by atoms with Gasteiger partial charge in [0.25, 0.3) is 0 Å². The molecule has 1 N–H and O–H groups in total. The first kappa shape index (κ1) is 18.4. The number of likely N-dealkylation sites (tertiary alicyclic amines) is 1. The molecular formula is C18H25N5O3S. The zero-order valence-corrected chi connectivity index (χ0v) is 16.3. The van der Waals surface area contributed by atoms with E-state index in [2.05, 4.69) is 15.2 Å². The first-order valence-corrected chi connectivity index (χ1v) is 11.3. The van der Waals surface area contributed by atoms with Gasteiger partial charge < -0.3 is 4.90 Å². The number of aromatic nitrogens is 3. The second-order valence-electron chi connectivity index (χ2n) is 7.55. The summed E-state index contributed by atoms with van der Waals surface area (Å²) in [6.45, 7) is 2.35. The van der Waals surface area contributed by atoms with E-state index < -0.39 is 10.0 Å². The van der Waals surface area contributed by atoms with E-state index >= 15 is 0 Å².